The minimum absolute atomic E-state index is 0.165. The number of benzene rings is 1. The first-order chi connectivity index (χ1) is 16.6. The number of fused-ring (bicyclic) bond motifs is 1. The number of nitrogens with zero attached hydrogens (tertiary/aromatic N) is 3. The maximum atomic E-state index is 12.5. The van der Waals surface area contributed by atoms with E-state index < -0.39 is 6.09 Å². The maximum Gasteiger partial charge on any atom is 0.410 e. The average molecular weight is 475 g/mol. The van der Waals surface area contributed by atoms with Gasteiger partial charge in [-0.1, -0.05) is 18.2 Å². The Labute approximate surface area is 201 Å². The van der Waals surface area contributed by atoms with Crippen LogP contribution in [0, 0.1) is 11.3 Å². The molecule has 1 aliphatic heterocycles. The van der Waals surface area contributed by atoms with Crippen LogP contribution in [0.15, 0.2) is 54.9 Å². The first-order valence-electron chi connectivity index (χ1n) is 10.6. The van der Waals surface area contributed by atoms with Crippen LogP contribution in [-0.4, -0.2) is 35.5 Å². The average Bonchev–Trinajstić information content (AvgIpc) is 3.22. The first-order valence-corrected chi connectivity index (χ1v) is 11.4. The second-order valence-corrected chi connectivity index (χ2v) is 8.57. The molecular formula is C25H22N4O4S. The van der Waals surface area contributed by atoms with Crippen LogP contribution >= 0.6 is 11.3 Å². The number of rotatable bonds is 6. The summed E-state index contributed by atoms with van der Waals surface area (Å²) >= 11 is 1.31. The zero-order valence-corrected chi connectivity index (χ0v) is 19.3. The van der Waals surface area contributed by atoms with Gasteiger partial charge in [0.25, 0.3) is 0 Å². The lowest BCUT2D eigenvalue weighted by atomic mass is 10.0. The number of anilines is 1. The highest BCUT2D eigenvalue weighted by atomic mass is 32.1. The van der Waals surface area contributed by atoms with Gasteiger partial charge < -0.3 is 19.7 Å². The fraction of sp³-hybridized carbons (Fsp3) is 0.200. The Kier molecular flexibility index (Phi) is 7.20. The van der Waals surface area contributed by atoms with Crippen molar-refractivity contribution in [2.45, 2.75) is 19.6 Å². The third kappa shape index (κ3) is 5.24. The van der Waals surface area contributed by atoms with E-state index in [9.17, 15) is 14.9 Å². The monoisotopic (exact) mass is 474 g/mol. The number of hydrogen-bond donors (Lipinski definition) is 1. The number of amides is 2. The SMILES string of the molecule is COc1ccccc1/C=C/C(=O)Nc1sc2c(c1C#N)CCN(C(=O)OCc1ccncc1)C2. The molecule has 0 fully saturated rings. The molecule has 0 spiro atoms. The van der Waals surface area contributed by atoms with Gasteiger partial charge in [0.1, 0.15) is 23.4 Å². The van der Waals surface area contributed by atoms with Crippen molar-refractivity contribution in [1.29, 1.82) is 5.26 Å². The number of pyridine rings is 1. The second kappa shape index (κ2) is 10.6. The van der Waals surface area contributed by atoms with Gasteiger partial charge in [-0.2, -0.15) is 5.26 Å². The lowest BCUT2D eigenvalue weighted by Gasteiger charge is -2.26. The molecule has 1 N–H and O–H groups in total. The van der Waals surface area contributed by atoms with Gasteiger partial charge in [-0.15, -0.1) is 11.3 Å². The molecule has 1 aliphatic rings. The first kappa shape index (κ1) is 23.0. The van der Waals surface area contributed by atoms with Gasteiger partial charge in [-0.25, -0.2) is 4.79 Å². The summed E-state index contributed by atoms with van der Waals surface area (Å²) in [5.74, 6) is 0.307. The van der Waals surface area contributed by atoms with E-state index in [1.165, 1.54) is 17.4 Å². The Morgan fingerprint density at radius 2 is 2.06 bits per heavy atom. The molecule has 3 aromatic rings. The molecule has 2 aromatic heterocycles. The fourth-order valence-electron chi connectivity index (χ4n) is 3.60. The molecule has 0 atom stereocenters. The topological polar surface area (TPSA) is 105 Å². The van der Waals surface area contributed by atoms with Crippen molar-refractivity contribution in [2.75, 3.05) is 19.0 Å². The van der Waals surface area contributed by atoms with Gasteiger partial charge >= 0.3 is 6.09 Å². The zero-order chi connectivity index (χ0) is 23.9. The largest absolute Gasteiger partial charge is 0.496 e. The molecule has 2 amide bonds. The van der Waals surface area contributed by atoms with Crippen molar-refractivity contribution >= 4 is 34.4 Å². The van der Waals surface area contributed by atoms with Gasteiger partial charge in [0.2, 0.25) is 5.91 Å². The molecule has 3 heterocycles. The lowest BCUT2D eigenvalue weighted by molar-refractivity contribution is -0.111. The summed E-state index contributed by atoms with van der Waals surface area (Å²) < 4.78 is 10.7. The van der Waals surface area contributed by atoms with Crippen molar-refractivity contribution in [2.24, 2.45) is 0 Å². The molecule has 0 bridgehead atoms. The number of ether oxygens (including phenoxy) is 2. The molecule has 34 heavy (non-hydrogen) atoms. The van der Waals surface area contributed by atoms with E-state index in [0.717, 1.165) is 21.6 Å². The van der Waals surface area contributed by atoms with E-state index in [1.807, 2.05) is 24.3 Å². The number of hydrogen-bond acceptors (Lipinski definition) is 7. The predicted octanol–water partition coefficient (Wildman–Crippen LogP) is 4.37. The third-order valence-electron chi connectivity index (χ3n) is 5.33. The summed E-state index contributed by atoms with van der Waals surface area (Å²) in [5.41, 5.74) is 2.95. The van der Waals surface area contributed by atoms with E-state index in [4.69, 9.17) is 9.47 Å². The van der Waals surface area contributed by atoms with E-state index >= 15 is 0 Å². The van der Waals surface area contributed by atoms with Crippen LogP contribution in [0.1, 0.15) is 27.1 Å². The van der Waals surface area contributed by atoms with Gasteiger partial charge in [0.05, 0.1) is 19.2 Å². The third-order valence-corrected chi connectivity index (χ3v) is 6.46. The summed E-state index contributed by atoms with van der Waals surface area (Å²) in [7, 11) is 1.57. The molecular weight excluding hydrogens is 452 g/mol. The van der Waals surface area contributed by atoms with Crippen LogP contribution < -0.4 is 10.1 Å². The fourth-order valence-corrected chi connectivity index (χ4v) is 4.82. The predicted molar refractivity (Wildman–Crippen MR) is 128 cm³/mol. The van der Waals surface area contributed by atoms with Crippen molar-refractivity contribution in [3.05, 3.63) is 82.0 Å². The number of nitrogens with one attached hydrogen (secondary N) is 1. The maximum absolute atomic E-state index is 12.5. The highest BCUT2D eigenvalue weighted by Gasteiger charge is 2.28. The molecule has 0 radical (unpaired) electrons. The highest BCUT2D eigenvalue weighted by Crippen LogP contribution is 2.37. The Hall–Kier alpha value is -4.16. The smallest absolute Gasteiger partial charge is 0.410 e. The van der Waals surface area contributed by atoms with E-state index in [-0.39, 0.29) is 12.5 Å². The van der Waals surface area contributed by atoms with Crippen molar-refractivity contribution in [3.8, 4) is 11.8 Å². The molecule has 172 valence electrons. The molecule has 9 heteroatoms. The Morgan fingerprint density at radius 1 is 1.26 bits per heavy atom. The molecule has 0 unspecified atom stereocenters. The summed E-state index contributed by atoms with van der Waals surface area (Å²) in [6.45, 7) is 0.934. The summed E-state index contributed by atoms with van der Waals surface area (Å²) in [4.78, 5) is 31.5. The summed E-state index contributed by atoms with van der Waals surface area (Å²) in [6, 6.07) is 13.1. The number of para-hydroxylation sites is 1. The van der Waals surface area contributed by atoms with Crippen molar-refractivity contribution in [3.63, 3.8) is 0 Å². The van der Waals surface area contributed by atoms with Crippen molar-refractivity contribution < 1.29 is 19.1 Å². The number of carbonyl (C=O) groups excluding carboxylic acids is 2. The lowest BCUT2D eigenvalue weighted by Crippen LogP contribution is -2.35. The highest BCUT2D eigenvalue weighted by molar-refractivity contribution is 7.16. The van der Waals surface area contributed by atoms with E-state index in [2.05, 4.69) is 16.4 Å². The van der Waals surface area contributed by atoms with Gasteiger partial charge in [-0.3, -0.25) is 9.78 Å². The van der Waals surface area contributed by atoms with E-state index in [0.29, 0.717) is 35.8 Å². The molecule has 0 aliphatic carbocycles. The van der Waals surface area contributed by atoms with Crippen LogP contribution in [-0.2, 0) is 29.1 Å². The quantitative estimate of drug-likeness (QED) is 0.532. The normalized spacial score (nSPS) is 12.6. The van der Waals surface area contributed by atoms with Gasteiger partial charge in [0, 0.05) is 35.5 Å². The number of methoxy groups -OCH3 is 1. The minimum atomic E-state index is -0.417. The van der Waals surface area contributed by atoms with Crippen LogP contribution in [0.2, 0.25) is 0 Å². The number of nitriles is 1. The minimum Gasteiger partial charge on any atom is -0.496 e. The number of aromatic nitrogens is 1. The van der Waals surface area contributed by atoms with E-state index in [1.54, 1.807) is 42.6 Å². The van der Waals surface area contributed by atoms with Crippen LogP contribution in [0.3, 0.4) is 0 Å². The Morgan fingerprint density at radius 3 is 2.82 bits per heavy atom. The van der Waals surface area contributed by atoms with Crippen LogP contribution in [0.25, 0.3) is 6.08 Å². The molecule has 0 saturated heterocycles. The standard InChI is InChI=1S/C25H22N4O4S/c1-32-21-5-3-2-4-18(21)6-7-23(30)28-24-20(14-26)19-10-13-29(15-22(19)34-24)25(31)33-16-17-8-11-27-12-9-17/h2-9,11-12H,10,13,15-16H2,1H3,(H,28,30)/b7-6+. The number of thiophene rings is 1. The Balaban J connectivity index is 1.42. The van der Waals surface area contributed by atoms with Crippen LogP contribution in [0.4, 0.5) is 9.80 Å². The van der Waals surface area contributed by atoms with Gasteiger partial charge in [0.15, 0.2) is 0 Å². The number of carbonyl (C=O) groups is 2. The van der Waals surface area contributed by atoms with Gasteiger partial charge in [-0.05, 0) is 41.8 Å². The zero-order valence-electron chi connectivity index (χ0n) is 18.5. The molecule has 8 nitrogen and oxygen atoms in total. The van der Waals surface area contributed by atoms with Crippen LogP contribution in [0.5, 0.6) is 5.75 Å². The Bertz CT molecular complexity index is 1260. The second-order valence-electron chi connectivity index (χ2n) is 7.47. The summed E-state index contributed by atoms with van der Waals surface area (Å²) in [5, 5.41) is 13.0. The molecule has 4 rings (SSSR count). The molecule has 0 saturated carbocycles. The summed E-state index contributed by atoms with van der Waals surface area (Å²) in [6.07, 6.45) is 6.46. The molecule has 1 aromatic carbocycles. The van der Waals surface area contributed by atoms with Crippen molar-refractivity contribution in [1.82, 2.24) is 9.88 Å².